The Balaban J connectivity index is 1.43. The van der Waals surface area contributed by atoms with Gasteiger partial charge in [-0.2, -0.15) is 0 Å². The third kappa shape index (κ3) is 2.98. The zero-order valence-electron chi connectivity index (χ0n) is 15.3. The Bertz CT molecular complexity index is 884. The van der Waals surface area contributed by atoms with E-state index in [0.717, 1.165) is 24.0 Å². The summed E-state index contributed by atoms with van der Waals surface area (Å²) < 4.78 is 2.29. The first-order valence-corrected chi connectivity index (χ1v) is 10.6. The molecule has 2 aliphatic heterocycles. The maximum atomic E-state index is 4.76. The number of rotatable bonds is 4. The molecule has 1 aromatic carbocycles. The highest BCUT2D eigenvalue weighted by atomic mass is 32.1. The Morgan fingerprint density at radius 3 is 2.96 bits per heavy atom. The fourth-order valence-electron chi connectivity index (χ4n) is 4.75. The Labute approximate surface area is 159 Å². The smallest absolute Gasteiger partial charge is 0.194 e. The van der Waals surface area contributed by atoms with Gasteiger partial charge in [-0.05, 0) is 38.3 Å². The van der Waals surface area contributed by atoms with E-state index in [1.807, 2.05) is 0 Å². The Morgan fingerprint density at radius 2 is 2.08 bits per heavy atom. The molecule has 5 heteroatoms. The van der Waals surface area contributed by atoms with Crippen molar-refractivity contribution in [2.45, 2.75) is 44.8 Å². The molecule has 0 bridgehead atoms. The molecule has 4 nitrogen and oxygen atoms in total. The van der Waals surface area contributed by atoms with Crippen molar-refractivity contribution in [2.75, 3.05) is 19.6 Å². The summed E-state index contributed by atoms with van der Waals surface area (Å²) in [4.78, 5) is 11.3. The molecule has 2 atom stereocenters. The van der Waals surface area contributed by atoms with Crippen LogP contribution in [0.4, 0.5) is 0 Å². The zero-order valence-corrected chi connectivity index (χ0v) is 16.2. The number of hydrogen-bond donors (Lipinski definition) is 0. The minimum absolute atomic E-state index is 0.579. The van der Waals surface area contributed by atoms with Gasteiger partial charge in [-0.25, -0.2) is 4.98 Å². The lowest BCUT2D eigenvalue weighted by molar-refractivity contribution is 0.0444. The van der Waals surface area contributed by atoms with E-state index in [1.165, 1.54) is 49.4 Å². The number of thiazole rings is 1. The van der Waals surface area contributed by atoms with Crippen LogP contribution in [-0.2, 0) is 13.0 Å². The molecular weight excluding hydrogens is 340 g/mol. The average Bonchev–Trinajstić information content (AvgIpc) is 3.34. The van der Waals surface area contributed by atoms with Gasteiger partial charge in [0.25, 0.3) is 0 Å². The van der Waals surface area contributed by atoms with Gasteiger partial charge in [0.15, 0.2) is 4.96 Å². The molecule has 136 valence electrons. The van der Waals surface area contributed by atoms with Crippen molar-refractivity contribution in [3.8, 4) is 0 Å². The van der Waals surface area contributed by atoms with Crippen molar-refractivity contribution in [1.29, 1.82) is 0 Å². The fraction of sp³-hybridized carbons (Fsp3) is 0.476. The monoisotopic (exact) mass is 366 g/mol. The van der Waals surface area contributed by atoms with Gasteiger partial charge in [-0.15, -0.1) is 11.3 Å². The predicted octanol–water partition coefficient (Wildman–Crippen LogP) is 3.60. The topological polar surface area (TPSA) is 23.8 Å². The van der Waals surface area contributed by atoms with Gasteiger partial charge in [-0.3, -0.25) is 14.2 Å². The van der Waals surface area contributed by atoms with E-state index in [0.29, 0.717) is 6.04 Å². The summed E-state index contributed by atoms with van der Waals surface area (Å²) in [5, 5.41) is 2.14. The molecule has 0 amide bonds. The van der Waals surface area contributed by atoms with Crippen molar-refractivity contribution in [2.24, 2.45) is 0 Å². The predicted molar refractivity (Wildman–Crippen MR) is 107 cm³/mol. The van der Waals surface area contributed by atoms with Crippen LogP contribution < -0.4 is 0 Å². The summed E-state index contributed by atoms with van der Waals surface area (Å²) in [6.07, 6.45) is 6.02. The van der Waals surface area contributed by atoms with E-state index < -0.39 is 0 Å². The number of aryl methyl sites for hydroxylation is 1. The standard InChI is InChI=1S/C21H26N4S/c1-16-20(25-10-11-26-21(25)22-16)15-24-13-18-8-5-9-23(18)14-19(24)12-17-6-3-2-4-7-17/h2-4,6-7,10-11,18-19H,5,8-9,12-15H2,1H3/t18-,19-/m0/s1. The lowest BCUT2D eigenvalue weighted by Crippen LogP contribution is -2.56. The average molecular weight is 367 g/mol. The Kier molecular flexibility index (Phi) is 4.31. The molecule has 2 fully saturated rings. The number of hydrogen-bond acceptors (Lipinski definition) is 4. The van der Waals surface area contributed by atoms with Gasteiger partial charge in [-0.1, -0.05) is 30.3 Å². The van der Waals surface area contributed by atoms with Crippen molar-refractivity contribution >= 4 is 16.3 Å². The second-order valence-electron chi connectivity index (χ2n) is 7.76. The van der Waals surface area contributed by atoms with Crippen LogP contribution in [0, 0.1) is 6.92 Å². The third-order valence-corrected chi connectivity index (χ3v) is 6.89. The molecule has 0 N–H and O–H groups in total. The minimum Gasteiger partial charge on any atom is -0.298 e. The molecule has 26 heavy (non-hydrogen) atoms. The number of benzene rings is 1. The summed E-state index contributed by atoms with van der Waals surface area (Å²) in [5.41, 5.74) is 4.00. The van der Waals surface area contributed by atoms with Crippen molar-refractivity contribution < 1.29 is 0 Å². The summed E-state index contributed by atoms with van der Waals surface area (Å²) in [7, 11) is 0. The third-order valence-electron chi connectivity index (χ3n) is 6.13. The molecule has 3 aromatic rings. The SMILES string of the molecule is Cc1nc2sccn2c1CN1C[C@@H]2CCCN2C[C@@H]1Cc1ccccc1. The fourth-order valence-corrected chi connectivity index (χ4v) is 5.52. The highest BCUT2D eigenvalue weighted by molar-refractivity contribution is 7.15. The maximum absolute atomic E-state index is 4.76. The van der Waals surface area contributed by atoms with E-state index in [-0.39, 0.29) is 0 Å². The quantitative estimate of drug-likeness (QED) is 0.705. The van der Waals surface area contributed by atoms with Crippen LogP contribution in [-0.4, -0.2) is 50.9 Å². The summed E-state index contributed by atoms with van der Waals surface area (Å²) in [6.45, 7) is 6.83. The molecule has 0 aliphatic carbocycles. The zero-order chi connectivity index (χ0) is 17.5. The summed E-state index contributed by atoms with van der Waals surface area (Å²) >= 11 is 1.73. The van der Waals surface area contributed by atoms with Crippen LogP contribution in [0.1, 0.15) is 29.8 Å². The van der Waals surface area contributed by atoms with E-state index in [9.17, 15) is 0 Å². The lowest BCUT2D eigenvalue weighted by atomic mass is 9.99. The van der Waals surface area contributed by atoms with Crippen molar-refractivity contribution in [3.63, 3.8) is 0 Å². The van der Waals surface area contributed by atoms with E-state index in [1.54, 1.807) is 11.3 Å². The molecule has 0 unspecified atom stereocenters. The van der Waals surface area contributed by atoms with Gasteiger partial charge >= 0.3 is 0 Å². The molecule has 0 spiro atoms. The lowest BCUT2D eigenvalue weighted by Gasteiger charge is -2.44. The summed E-state index contributed by atoms with van der Waals surface area (Å²) in [5.74, 6) is 0. The first-order valence-electron chi connectivity index (χ1n) is 9.71. The Morgan fingerprint density at radius 1 is 1.19 bits per heavy atom. The Hall–Kier alpha value is -1.69. The van der Waals surface area contributed by atoms with Crippen molar-refractivity contribution in [1.82, 2.24) is 19.2 Å². The normalized spacial score (nSPS) is 24.3. The van der Waals surface area contributed by atoms with Crippen LogP contribution in [0.2, 0.25) is 0 Å². The highest BCUT2D eigenvalue weighted by Gasteiger charge is 2.36. The van der Waals surface area contributed by atoms with E-state index in [4.69, 9.17) is 4.98 Å². The van der Waals surface area contributed by atoms with Gasteiger partial charge in [0.2, 0.25) is 0 Å². The molecule has 2 saturated heterocycles. The number of fused-ring (bicyclic) bond motifs is 2. The van der Waals surface area contributed by atoms with Crippen LogP contribution in [0.3, 0.4) is 0 Å². The molecular formula is C21H26N4S. The molecule has 2 aromatic heterocycles. The van der Waals surface area contributed by atoms with Gasteiger partial charge in [0, 0.05) is 43.3 Å². The molecule has 2 aliphatic rings. The number of imidazole rings is 1. The van der Waals surface area contributed by atoms with Gasteiger partial charge in [0.05, 0.1) is 11.4 Å². The number of aromatic nitrogens is 2. The van der Waals surface area contributed by atoms with E-state index in [2.05, 4.69) is 63.0 Å². The molecule has 0 radical (unpaired) electrons. The van der Waals surface area contributed by atoms with Gasteiger partial charge in [0.1, 0.15) is 0 Å². The maximum Gasteiger partial charge on any atom is 0.194 e. The van der Waals surface area contributed by atoms with Crippen LogP contribution in [0.15, 0.2) is 41.9 Å². The summed E-state index contributed by atoms with van der Waals surface area (Å²) in [6, 6.07) is 12.3. The molecule has 0 saturated carbocycles. The van der Waals surface area contributed by atoms with Crippen LogP contribution in [0.5, 0.6) is 0 Å². The molecule has 4 heterocycles. The first-order chi connectivity index (χ1) is 12.8. The molecule has 5 rings (SSSR count). The van der Waals surface area contributed by atoms with Crippen molar-refractivity contribution in [3.05, 3.63) is 58.9 Å². The second-order valence-corrected chi connectivity index (χ2v) is 8.64. The number of nitrogens with zero attached hydrogens (tertiary/aromatic N) is 4. The first kappa shape index (κ1) is 16.5. The second kappa shape index (κ2) is 6.80. The van der Waals surface area contributed by atoms with Crippen LogP contribution >= 0.6 is 11.3 Å². The number of piperazine rings is 1. The minimum atomic E-state index is 0.579. The van der Waals surface area contributed by atoms with Crippen LogP contribution in [0.25, 0.3) is 4.96 Å². The van der Waals surface area contributed by atoms with Gasteiger partial charge < -0.3 is 0 Å². The largest absolute Gasteiger partial charge is 0.298 e. The highest BCUT2D eigenvalue weighted by Crippen LogP contribution is 2.28. The van der Waals surface area contributed by atoms with E-state index >= 15 is 0 Å².